The van der Waals surface area contributed by atoms with Gasteiger partial charge in [-0.2, -0.15) is 0 Å². The predicted molar refractivity (Wildman–Crippen MR) is 122 cm³/mol. The minimum absolute atomic E-state index is 0.742. The molecule has 0 aliphatic rings. The highest BCUT2D eigenvalue weighted by Crippen LogP contribution is 2.38. The summed E-state index contributed by atoms with van der Waals surface area (Å²) in [5, 5.41) is 4.41. The Bertz CT molecular complexity index is 1040. The summed E-state index contributed by atoms with van der Waals surface area (Å²) in [6, 6.07) is 18.4. The molecule has 3 nitrogen and oxygen atoms in total. The average Bonchev–Trinajstić information content (AvgIpc) is 3.17. The number of unbranched alkanes of at least 4 members (excludes halogenated alkanes) is 1. The Kier molecular flexibility index (Phi) is 6.62. The largest absolute Gasteiger partial charge is 0.494 e. The topological polar surface area (TPSA) is 35.0 Å². The van der Waals surface area contributed by atoms with Gasteiger partial charge in [-0.25, -0.2) is 9.97 Å². The molecule has 0 radical (unpaired) electrons. The zero-order valence-electron chi connectivity index (χ0n) is 15.2. The predicted octanol–water partition coefficient (Wildman–Crippen LogP) is 7.07. The standard InChI is InChI=1S/C22H19BrN2OS2/c23-17-10-8-16(9-11-17)19-14-28-22-20(19)21(24-15-25-22)27-13-5-4-12-26-18-6-2-1-3-7-18/h1-3,6-11,14-15H,4-5,12-13H2. The van der Waals surface area contributed by atoms with Gasteiger partial charge in [0.2, 0.25) is 0 Å². The molecule has 4 rings (SSSR count). The van der Waals surface area contributed by atoms with E-state index < -0.39 is 0 Å². The third-order valence-corrected chi connectivity index (χ3v) is 6.77. The number of fused-ring (bicyclic) bond motifs is 1. The maximum absolute atomic E-state index is 5.77. The first-order valence-corrected chi connectivity index (χ1v) is 11.8. The van der Waals surface area contributed by atoms with Crippen LogP contribution in [0.5, 0.6) is 5.75 Å². The maximum Gasteiger partial charge on any atom is 0.128 e. The highest BCUT2D eigenvalue weighted by atomic mass is 79.9. The van der Waals surface area contributed by atoms with Gasteiger partial charge < -0.3 is 4.74 Å². The van der Waals surface area contributed by atoms with Crippen molar-refractivity contribution in [1.29, 1.82) is 0 Å². The van der Waals surface area contributed by atoms with Crippen LogP contribution in [0.2, 0.25) is 0 Å². The number of hydrogen-bond acceptors (Lipinski definition) is 5. The summed E-state index contributed by atoms with van der Waals surface area (Å²) >= 11 is 6.99. The van der Waals surface area contributed by atoms with Crippen LogP contribution >= 0.6 is 39.0 Å². The second-order valence-electron chi connectivity index (χ2n) is 6.23. The molecular weight excluding hydrogens is 452 g/mol. The monoisotopic (exact) mass is 470 g/mol. The quantitative estimate of drug-likeness (QED) is 0.156. The summed E-state index contributed by atoms with van der Waals surface area (Å²) in [6.07, 6.45) is 3.78. The van der Waals surface area contributed by atoms with Gasteiger partial charge >= 0.3 is 0 Å². The number of para-hydroxylation sites is 1. The van der Waals surface area contributed by atoms with Crippen molar-refractivity contribution in [3.8, 4) is 16.9 Å². The Morgan fingerprint density at radius 2 is 1.79 bits per heavy atom. The van der Waals surface area contributed by atoms with E-state index in [0.29, 0.717) is 0 Å². The number of hydrogen-bond donors (Lipinski definition) is 0. The van der Waals surface area contributed by atoms with Crippen LogP contribution < -0.4 is 4.74 Å². The molecule has 142 valence electrons. The van der Waals surface area contributed by atoms with Gasteiger partial charge in [0.05, 0.1) is 12.0 Å². The summed E-state index contributed by atoms with van der Waals surface area (Å²) < 4.78 is 6.85. The number of nitrogens with zero attached hydrogens (tertiary/aromatic N) is 2. The normalized spacial score (nSPS) is 11.0. The molecule has 0 bridgehead atoms. The minimum Gasteiger partial charge on any atom is -0.494 e. The number of halogens is 1. The lowest BCUT2D eigenvalue weighted by Gasteiger charge is -2.07. The van der Waals surface area contributed by atoms with E-state index >= 15 is 0 Å². The molecule has 0 saturated heterocycles. The van der Waals surface area contributed by atoms with E-state index in [2.05, 4.69) is 55.5 Å². The fourth-order valence-corrected chi connectivity index (χ4v) is 5.14. The Hall–Kier alpha value is -1.89. The van der Waals surface area contributed by atoms with E-state index in [1.54, 1.807) is 29.4 Å². The number of rotatable bonds is 8. The molecule has 0 N–H and O–H groups in total. The minimum atomic E-state index is 0.742. The molecule has 28 heavy (non-hydrogen) atoms. The lowest BCUT2D eigenvalue weighted by molar-refractivity contribution is 0.310. The highest BCUT2D eigenvalue weighted by molar-refractivity contribution is 9.10. The average molecular weight is 471 g/mol. The van der Waals surface area contributed by atoms with Crippen molar-refractivity contribution in [2.45, 2.75) is 17.9 Å². The van der Waals surface area contributed by atoms with E-state index in [4.69, 9.17) is 4.74 Å². The lowest BCUT2D eigenvalue weighted by atomic mass is 10.1. The molecule has 0 aliphatic carbocycles. The molecule has 0 aliphatic heterocycles. The van der Waals surface area contributed by atoms with Crippen LogP contribution in [0.15, 0.2) is 75.8 Å². The molecule has 2 aromatic heterocycles. The maximum atomic E-state index is 5.77. The smallest absolute Gasteiger partial charge is 0.128 e. The molecule has 2 aromatic carbocycles. The van der Waals surface area contributed by atoms with Gasteiger partial charge in [0.1, 0.15) is 21.9 Å². The van der Waals surface area contributed by atoms with Crippen molar-refractivity contribution >= 4 is 49.2 Å². The molecule has 0 fully saturated rings. The van der Waals surface area contributed by atoms with Crippen molar-refractivity contribution in [2.75, 3.05) is 12.4 Å². The molecule has 2 heterocycles. The third-order valence-electron chi connectivity index (χ3n) is 4.28. The summed E-state index contributed by atoms with van der Waals surface area (Å²) in [7, 11) is 0. The first-order valence-electron chi connectivity index (χ1n) is 9.10. The van der Waals surface area contributed by atoms with Gasteiger partial charge in [-0.3, -0.25) is 0 Å². The fraction of sp³-hybridized carbons (Fsp3) is 0.182. The summed E-state index contributed by atoms with van der Waals surface area (Å²) in [5.74, 6) is 1.95. The van der Waals surface area contributed by atoms with E-state index in [0.717, 1.165) is 45.3 Å². The van der Waals surface area contributed by atoms with Crippen molar-refractivity contribution in [3.05, 3.63) is 70.8 Å². The first-order chi connectivity index (χ1) is 13.8. The molecule has 0 amide bonds. The van der Waals surface area contributed by atoms with Crippen LogP contribution in [-0.4, -0.2) is 22.3 Å². The van der Waals surface area contributed by atoms with Crippen LogP contribution in [0.3, 0.4) is 0 Å². The molecule has 0 saturated carbocycles. The van der Waals surface area contributed by atoms with Crippen molar-refractivity contribution in [3.63, 3.8) is 0 Å². The van der Waals surface area contributed by atoms with E-state index in [-0.39, 0.29) is 0 Å². The zero-order valence-corrected chi connectivity index (χ0v) is 18.4. The molecule has 4 aromatic rings. The second-order valence-corrected chi connectivity index (χ2v) is 9.09. The van der Waals surface area contributed by atoms with Gasteiger partial charge in [-0.1, -0.05) is 46.3 Å². The second kappa shape index (κ2) is 9.54. The summed E-state index contributed by atoms with van der Waals surface area (Å²) in [5.41, 5.74) is 2.41. The van der Waals surface area contributed by atoms with E-state index in [1.165, 1.54) is 16.5 Å². The zero-order chi connectivity index (χ0) is 19.2. The van der Waals surface area contributed by atoms with Crippen LogP contribution in [-0.2, 0) is 0 Å². The van der Waals surface area contributed by atoms with Gasteiger partial charge in [0.15, 0.2) is 0 Å². The number of thiophene rings is 1. The van der Waals surface area contributed by atoms with Crippen LogP contribution in [0.1, 0.15) is 12.8 Å². The lowest BCUT2D eigenvalue weighted by Crippen LogP contribution is -1.97. The number of ether oxygens (including phenoxy) is 1. The van der Waals surface area contributed by atoms with Crippen LogP contribution in [0.25, 0.3) is 21.3 Å². The van der Waals surface area contributed by atoms with E-state index in [1.807, 2.05) is 30.3 Å². The van der Waals surface area contributed by atoms with Crippen LogP contribution in [0.4, 0.5) is 0 Å². The first kappa shape index (κ1) is 19.4. The van der Waals surface area contributed by atoms with E-state index in [9.17, 15) is 0 Å². The molecule has 6 heteroatoms. The van der Waals surface area contributed by atoms with Crippen molar-refractivity contribution in [2.24, 2.45) is 0 Å². The van der Waals surface area contributed by atoms with Crippen LogP contribution in [0, 0.1) is 0 Å². The Balaban J connectivity index is 1.38. The Morgan fingerprint density at radius 1 is 0.964 bits per heavy atom. The fourth-order valence-electron chi connectivity index (χ4n) is 2.88. The number of thioether (sulfide) groups is 1. The number of benzene rings is 2. The highest BCUT2D eigenvalue weighted by Gasteiger charge is 2.13. The molecular formula is C22H19BrN2OS2. The Morgan fingerprint density at radius 3 is 2.61 bits per heavy atom. The number of aromatic nitrogens is 2. The molecule has 0 atom stereocenters. The molecule has 0 unspecified atom stereocenters. The molecule has 0 spiro atoms. The van der Waals surface area contributed by atoms with Gasteiger partial charge in [0, 0.05) is 15.4 Å². The van der Waals surface area contributed by atoms with Gasteiger partial charge in [0.25, 0.3) is 0 Å². The summed E-state index contributed by atoms with van der Waals surface area (Å²) in [4.78, 5) is 10.1. The SMILES string of the molecule is Brc1ccc(-c2csc3ncnc(SCCCCOc4ccccc4)c23)cc1. The van der Waals surface area contributed by atoms with Gasteiger partial charge in [-0.05, 0) is 48.4 Å². The van der Waals surface area contributed by atoms with Crippen molar-refractivity contribution < 1.29 is 4.74 Å². The van der Waals surface area contributed by atoms with Crippen molar-refractivity contribution in [1.82, 2.24) is 9.97 Å². The van der Waals surface area contributed by atoms with Gasteiger partial charge in [-0.15, -0.1) is 23.1 Å². The summed E-state index contributed by atoms with van der Waals surface area (Å²) in [6.45, 7) is 0.742. The Labute approximate surface area is 181 Å². The third kappa shape index (κ3) is 4.74.